The number of hydrogen-bond donors (Lipinski definition) is 1. The molecule has 0 saturated carbocycles. The molecule has 0 radical (unpaired) electrons. The predicted molar refractivity (Wildman–Crippen MR) is 124 cm³/mol. The number of hydrogen-bond acceptors (Lipinski definition) is 4. The molecule has 30 heavy (non-hydrogen) atoms. The van der Waals surface area contributed by atoms with Gasteiger partial charge in [0.05, 0.1) is 11.6 Å². The number of halogens is 1. The Morgan fingerprint density at radius 1 is 1.13 bits per heavy atom. The lowest BCUT2D eigenvalue weighted by molar-refractivity contribution is 0.386. The van der Waals surface area contributed by atoms with E-state index in [1.807, 2.05) is 42.5 Å². The van der Waals surface area contributed by atoms with Gasteiger partial charge < -0.3 is 14.7 Å². The van der Waals surface area contributed by atoms with E-state index in [2.05, 4.69) is 48.3 Å². The molecular weight excluding hydrogens is 416 g/mol. The molecule has 3 aromatic rings. The van der Waals surface area contributed by atoms with E-state index in [9.17, 15) is 0 Å². The topological polar surface area (TPSA) is 54.2 Å². The lowest BCUT2D eigenvalue weighted by Gasteiger charge is -2.38. The second-order valence-corrected chi connectivity index (χ2v) is 8.55. The van der Waals surface area contributed by atoms with Crippen molar-refractivity contribution < 1.29 is 4.52 Å². The summed E-state index contributed by atoms with van der Waals surface area (Å²) >= 11 is 11.7. The van der Waals surface area contributed by atoms with Crippen LogP contribution in [0.15, 0.2) is 64.8 Å². The summed E-state index contributed by atoms with van der Waals surface area (Å²) in [7, 11) is 0. The van der Waals surface area contributed by atoms with Crippen LogP contribution in [0.1, 0.15) is 38.3 Å². The molecule has 1 aliphatic heterocycles. The summed E-state index contributed by atoms with van der Waals surface area (Å²) in [6.45, 7) is 7.21. The average molecular weight is 439 g/mol. The third-order valence-corrected chi connectivity index (χ3v) is 5.63. The normalized spacial score (nSPS) is 16.9. The Morgan fingerprint density at radius 3 is 2.50 bits per heavy atom. The first-order valence-corrected chi connectivity index (χ1v) is 10.7. The van der Waals surface area contributed by atoms with Crippen LogP contribution in [-0.4, -0.2) is 26.7 Å². The second kappa shape index (κ2) is 8.58. The molecular formula is C23H23ClN4OS. The highest BCUT2D eigenvalue weighted by Crippen LogP contribution is 2.37. The summed E-state index contributed by atoms with van der Waals surface area (Å²) in [6, 6.07) is 17.4. The van der Waals surface area contributed by atoms with Crippen molar-refractivity contribution in [3.8, 4) is 11.4 Å². The highest BCUT2D eigenvalue weighted by atomic mass is 35.5. The van der Waals surface area contributed by atoms with Gasteiger partial charge in [0.1, 0.15) is 0 Å². The summed E-state index contributed by atoms with van der Waals surface area (Å²) in [5.74, 6) is 1.45. The van der Waals surface area contributed by atoms with E-state index in [-0.39, 0.29) is 6.04 Å². The van der Waals surface area contributed by atoms with Gasteiger partial charge in [-0.2, -0.15) is 4.98 Å². The highest BCUT2D eigenvalue weighted by Gasteiger charge is 2.34. The Bertz CT molecular complexity index is 1080. The number of nitrogens with zero attached hydrogens (tertiary/aromatic N) is 3. The fourth-order valence-corrected chi connectivity index (χ4v) is 4.04. The monoisotopic (exact) mass is 438 g/mol. The largest absolute Gasteiger partial charge is 0.351 e. The van der Waals surface area contributed by atoms with E-state index in [1.165, 1.54) is 0 Å². The Morgan fingerprint density at radius 2 is 1.83 bits per heavy atom. The number of allylic oxidation sites excluding steroid dienone is 1. The summed E-state index contributed by atoms with van der Waals surface area (Å²) in [5, 5.41) is 9.07. The van der Waals surface area contributed by atoms with Gasteiger partial charge in [-0.05, 0) is 54.9 Å². The fourth-order valence-electron chi connectivity index (χ4n) is 3.59. The Balaban J connectivity index is 1.80. The van der Waals surface area contributed by atoms with Gasteiger partial charge in [-0.3, -0.25) is 0 Å². The molecule has 2 heterocycles. The molecule has 4 rings (SSSR count). The van der Waals surface area contributed by atoms with Crippen LogP contribution in [0.4, 0.5) is 0 Å². The molecule has 1 atom stereocenters. The molecule has 2 aromatic carbocycles. The van der Waals surface area contributed by atoms with Crippen molar-refractivity contribution in [2.45, 2.75) is 26.8 Å². The van der Waals surface area contributed by atoms with E-state index >= 15 is 0 Å². The minimum Gasteiger partial charge on any atom is -0.351 e. The van der Waals surface area contributed by atoms with Gasteiger partial charge >= 0.3 is 0 Å². The van der Waals surface area contributed by atoms with E-state index in [1.54, 1.807) is 0 Å². The summed E-state index contributed by atoms with van der Waals surface area (Å²) in [4.78, 5) is 6.82. The maximum absolute atomic E-state index is 6.01. The van der Waals surface area contributed by atoms with Crippen molar-refractivity contribution >= 4 is 34.5 Å². The summed E-state index contributed by atoms with van der Waals surface area (Å²) < 4.78 is 5.74. The van der Waals surface area contributed by atoms with Crippen LogP contribution in [0.25, 0.3) is 17.0 Å². The number of thiocarbonyl (C=S) groups is 1. The SMILES string of the molecule is CC1=C(c2nc(-c3ccc(Cl)cc3)no2)C(c2ccccc2)NC(=S)N1CC(C)C. The zero-order valence-electron chi connectivity index (χ0n) is 17.1. The van der Waals surface area contributed by atoms with Gasteiger partial charge in [0, 0.05) is 22.8 Å². The van der Waals surface area contributed by atoms with Gasteiger partial charge in [0.25, 0.3) is 5.89 Å². The molecule has 0 spiro atoms. The van der Waals surface area contributed by atoms with Crippen molar-refractivity contribution in [1.29, 1.82) is 0 Å². The molecule has 0 saturated heterocycles. The quantitative estimate of drug-likeness (QED) is 0.515. The molecule has 0 aliphatic carbocycles. The van der Waals surface area contributed by atoms with Gasteiger partial charge in [-0.15, -0.1) is 0 Å². The molecule has 154 valence electrons. The molecule has 1 aliphatic rings. The lowest BCUT2D eigenvalue weighted by atomic mass is 9.94. The third-order valence-electron chi connectivity index (χ3n) is 5.04. The number of rotatable bonds is 5. The van der Waals surface area contributed by atoms with Crippen LogP contribution >= 0.6 is 23.8 Å². The molecule has 0 amide bonds. The van der Waals surface area contributed by atoms with Gasteiger partial charge in [-0.25, -0.2) is 0 Å². The van der Waals surface area contributed by atoms with Crippen molar-refractivity contribution in [2.75, 3.05) is 6.54 Å². The van der Waals surface area contributed by atoms with Crippen LogP contribution in [0, 0.1) is 5.92 Å². The highest BCUT2D eigenvalue weighted by molar-refractivity contribution is 7.80. The van der Waals surface area contributed by atoms with Crippen LogP contribution in [-0.2, 0) is 0 Å². The van der Waals surface area contributed by atoms with Crippen LogP contribution in [0.5, 0.6) is 0 Å². The van der Waals surface area contributed by atoms with E-state index in [0.29, 0.717) is 27.8 Å². The van der Waals surface area contributed by atoms with Gasteiger partial charge in [0.2, 0.25) is 5.82 Å². The van der Waals surface area contributed by atoms with E-state index in [4.69, 9.17) is 33.3 Å². The molecule has 7 heteroatoms. The second-order valence-electron chi connectivity index (χ2n) is 7.73. The smallest absolute Gasteiger partial charge is 0.258 e. The van der Waals surface area contributed by atoms with Crippen LogP contribution in [0.2, 0.25) is 5.02 Å². The first-order chi connectivity index (χ1) is 14.4. The molecule has 1 aromatic heterocycles. The molecule has 1 N–H and O–H groups in total. The standard InChI is InChI=1S/C23H23ClN4OS/c1-14(2)13-28-15(3)19(20(25-23(28)30)16-7-5-4-6-8-16)22-26-21(27-29-22)17-9-11-18(24)12-10-17/h4-12,14,20H,13H2,1-3H3,(H,25,30). The third kappa shape index (κ3) is 4.11. The minimum absolute atomic E-state index is 0.166. The summed E-state index contributed by atoms with van der Waals surface area (Å²) in [6.07, 6.45) is 0. The lowest BCUT2D eigenvalue weighted by Crippen LogP contribution is -2.47. The molecule has 0 bridgehead atoms. The van der Waals surface area contributed by atoms with Gasteiger partial charge in [0.15, 0.2) is 5.11 Å². The minimum atomic E-state index is -0.166. The number of aromatic nitrogens is 2. The van der Waals surface area contributed by atoms with E-state index < -0.39 is 0 Å². The summed E-state index contributed by atoms with van der Waals surface area (Å²) in [5.41, 5.74) is 3.89. The van der Waals surface area contributed by atoms with Crippen molar-refractivity contribution in [3.05, 3.63) is 76.8 Å². The Kier molecular flexibility index (Phi) is 5.88. The number of nitrogens with one attached hydrogen (secondary N) is 1. The van der Waals surface area contributed by atoms with Crippen LogP contribution < -0.4 is 5.32 Å². The van der Waals surface area contributed by atoms with Crippen LogP contribution in [0.3, 0.4) is 0 Å². The average Bonchev–Trinajstić information content (AvgIpc) is 3.21. The predicted octanol–water partition coefficient (Wildman–Crippen LogP) is 5.71. The van der Waals surface area contributed by atoms with Gasteiger partial charge in [-0.1, -0.05) is 60.9 Å². The Labute approximate surface area is 186 Å². The van der Waals surface area contributed by atoms with Crippen molar-refractivity contribution in [1.82, 2.24) is 20.4 Å². The maximum Gasteiger partial charge on any atom is 0.258 e. The van der Waals surface area contributed by atoms with Crippen molar-refractivity contribution in [3.63, 3.8) is 0 Å². The van der Waals surface area contributed by atoms with E-state index in [0.717, 1.165) is 28.9 Å². The number of benzene rings is 2. The zero-order valence-corrected chi connectivity index (χ0v) is 18.7. The zero-order chi connectivity index (χ0) is 21.3. The molecule has 1 unspecified atom stereocenters. The maximum atomic E-state index is 6.01. The first-order valence-electron chi connectivity index (χ1n) is 9.88. The molecule has 5 nitrogen and oxygen atoms in total. The molecule has 0 fully saturated rings. The first kappa shape index (κ1) is 20.6. The fraction of sp³-hybridized carbons (Fsp3) is 0.261. The van der Waals surface area contributed by atoms with Crippen molar-refractivity contribution in [2.24, 2.45) is 5.92 Å². The Hall–Kier alpha value is -2.70.